The van der Waals surface area contributed by atoms with E-state index >= 15 is 0 Å². The first kappa shape index (κ1) is 14.8. The first-order chi connectivity index (χ1) is 8.80. The molecule has 100 valence electrons. The Bertz CT molecular complexity index is 329. The molecule has 0 bridgehead atoms. The monoisotopic (exact) mass is 248 g/mol. The van der Waals surface area contributed by atoms with Crippen molar-refractivity contribution in [3.05, 3.63) is 42.5 Å². The summed E-state index contributed by atoms with van der Waals surface area (Å²) in [7, 11) is 1.67. The van der Waals surface area contributed by atoms with Crippen molar-refractivity contribution in [1.29, 1.82) is 0 Å². The van der Waals surface area contributed by atoms with Crippen molar-refractivity contribution in [2.75, 3.05) is 7.11 Å². The van der Waals surface area contributed by atoms with Crippen molar-refractivity contribution in [3.63, 3.8) is 0 Å². The Morgan fingerprint density at radius 2 is 1.94 bits per heavy atom. The predicted octanol–water partition coefficient (Wildman–Crippen LogP) is 4.35. The molecule has 1 aromatic rings. The molecule has 0 heterocycles. The Labute approximate surface area is 111 Å². The highest BCUT2D eigenvalue weighted by atomic mass is 16.5. The molecule has 18 heavy (non-hydrogen) atoms. The quantitative estimate of drug-likeness (QED) is 0.478. The fraction of sp³-hybridized carbons (Fsp3) is 0.500. The van der Waals surface area contributed by atoms with Gasteiger partial charge in [0.05, 0.1) is 19.8 Å². The van der Waals surface area contributed by atoms with E-state index in [0.717, 1.165) is 17.7 Å². The van der Waals surface area contributed by atoms with Crippen LogP contribution in [0.1, 0.15) is 38.2 Å². The number of benzene rings is 1. The minimum atomic E-state index is 0.165. The van der Waals surface area contributed by atoms with E-state index < -0.39 is 0 Å². The Balaban J connectivity index is 2.34. The summed E-state index contributed by atoms with van der Waals surface area (Å²) in [5, 5.41) is 0. The largest absolute Gasteiger partial charge is 0.497 e. The van der Waals surface area contributed by atoms with Crippen LogP contribution in [-0.4, -0.2) is 13.2 Å². The molecule has 0 fully saturated rings. The zero-order valence-corrected chi connectivity index (χ0v) is 11.5. The van der Waals surface area contributed by atoms with Crippen molar-refractivity contribution in [3.8, 4) is 5.75 Å². The highest BCUT2D eigenvalue weighted by molar-refractivity contribution is 5.26. The normalized spacial score (nSPS) is 12.1. The van der Waals surface area contributed by atoms with Gasteiger partial charge in [-0.05, 0) is 24.1 Å². The number of ether oxygens (including phenoxy) is 2. The van der Waals surface area contributed by atoms with Gasteiger partial charge in [-0.3, -0.25) is 0 Å². The van der Waals surface area contributed by atoms with E-state index in [1.54, 1.807) is 7.11 Å². The summed E-state index contributed by atoms with van der Waals surface area (Å²) >= 11 is 0. The average Bonchev–Trinajstić information content (AvgIpc) is 2.43. The predicted molar refractivity (Wildman–Crippen MR) is 75.9 cm³/mol. The van der Waals surface area contributed by atoms with Crippen LogP contribution in [-0.2, 0) is 11.3 Å². The third-order valence-electron chi connectivity index (χ3n) is 2.98. The van der Waals surface area contributed by atoms with Crippen LogP contribution in [0.5, 0.6) is 5.75 Å². The lowest BCUT2D eigenvalue weighted by Crippen LogP contribution is -2.09. The van der Waals surface area contributed by atoms with Crippen LogP contribution in [0.25, 0.3) is 0 Å². The summed E-state index contributed by atoms with van der Waals surface area (Å²) in [6, 6.07) is 7.98. The molecular weight excluding hydrogens is 224 g/mol. The minimum Gasteiger partial charge on any atom is -0.497 e. The van der Waals surface area contributed by atoms with Crippen LogP contribution >= 0.6 is 0 Å². The lowest BCUT2D eigenvalue weighted by molar-refractivity contribution is 0.0650. The van der Waals surface area contributed by atoms with Crippen LogP contribution in [0, 0.1) is 0 Å². The second-order valence-corrected chi connectivity index (χ2v) is 4.43. The maximum atomic E-state index is 5.84. The van der Waals surface area contributed by atoms with Crippen LogP contribution in [0.15, 0.2) is 36.9 Å². The fourth-order valence-electron chi connectivity index (χ4n) is 1.79. The van der Waals surface area contributed by atoms with E-state index in [4.69, 9.17) is 9.47 Å². The topological polar surface area (TPSA) is 18.5 Å². The third kappa shape index (κ3) is 5.37. The lowest BCUT2D eigenvalue weighted by atomic mass is 10.1. The summed E-state index contributed by atoms with van der Waals surface area (Å²) in [6.45, 7) is 6.68. The van der Waals surface area contributed by atoms with Gasteiger partial charge in [-0.1, -0.05) is 44.4 Å². The molecule has 0 radical (unpaired) electrons. The maximum Gasteiger partial charge on any atom is 0.118 e. The molecule has 1 rings (SSSR count). The summed E-state index contributed by atoms with van der Waals surface area (Å²) in [6.07, 6.45) is 6.83. The Hall–Kier alpha value is -1.28. The van der Waals surface area contributed by atoms with E-state index in [0.29, 0.717) is 6.61 Å². The number of methoxy groups -OCH3 is 1. The molecule has 0 aromatic heterocycles. The van der Waals surface area contributed by atoms with Gasteiger partial charge >= 0.3 is 0 Å². The van der Waals surface area contributed by atoms with Gasteiger partial charge in [-0.25, -0.2) is 0 Å². The number of hydrogen-bond acceptors (Lipinski definition) is 2. The van der Waals surface area contributed by atoms with Crippen molar-refractivity contribution in [2.24, 2.45) is 0 Å². The average molecular weight is 248 g/mol. The second-order valence-electron chi connectivity index (χ2n) is 4.43. The van der Waals surface area contributed by atoms with Gasteiger partial charge in [0.1, 0.15) is 5.75 Å². The van der Waals surface area contributed by atoms with Crippen LogP contribution in [0.3, 0.4) is 0 Å². The molecule has 0 saturated heterocycles. The molecule has 0 amide bonds. The zero-order chi connectivity index (χ0) is 13.2. The van der Waals surface area contributed by atoms with E-state index in [-0.39, 0.29) is 6.10 Å². The SMILES string of the molecule is C=CC(CCCCC)OCc1ccc(OC)cc1. The summed E-state index contributed by atoms with van der Waals surface area (Å²) in [4.78, 5) is 0. The Kier molecular flexibility index (Phi) is 7.19. The van der Waals surface area contributed by atoms with E-state index in [1.165, 1.54) is 19.3 Å². The molecule has 0 aliphatic rings. The Morgan fingerprint density at radius 3 is 2.50 bits per heavy atom. The van der Waals surface area contributed by atoms with Gasteiger partial charge in [0.2, 0.25) is 0 Å². The van der Waals surface area contributed by atoms with Crippen LogP contribution in [0.2, 0.25) is 0 Å². The Morgan fingerprint density at radius 1 is 1.22 bits per heavy atom. The van der Waals surface area contributed by atoms with Crippen LogP contribution in [0.4, 0.5) is 0 Å². The minimum absolute atomic E-state index is 0.165. The van der Waals surface area contributed by atoms with E-state index in [1.807, 2.05) is 30.3 Å². The standard InChI is InChI=1S/C16H24O2/c1-4-6-7-8-15(5-2)18-13-14-9-11-16(17-3)12-10-14/h5,9-12,15H,2,4,6-8,13H2,1,3H3. The molecule has 0 aliphatic carbocycles. The molecule has 0 N–H and O–H groups in total. The van der Waals surface area contributed by atoms with Crippen molar-refractivity contribution in [2.45, 2.75) is 45.3 Å². The zero-order valence-electron chi connectivity index (χ0n) is 11.5. The van der Waals surface area contributed by atoms with Gasteiger partial charge in [-0.15, -0.1) is 6.58 Å². The van der Waals surface area contributed by atoms with Gasteiger partial charge in [0.15, 0.2) is 0 Å². The van der Waals surface area contributed by atoms with Gasteiger partial charge in [0.25, 0.3) is 0 Å². The van der Waals surface area contributed by atoms with Gasteiger partial charge in [0, 0.05) is 0 Å². The highest BCUT2D eigenvalue weighted by Crippen LogP contribution is 2.14. The first-order valence-corrected chi connectivity index (χ1v) is 6.67. The van der Waals surface area contributed by atoms with E-state index in [9.17, 15) is 0 Å². The molecule has 2 heteroatoms. The molecule has 0 saturated carbocycles. The number of unbranched alkanes of at least 4 members (excludes halogenated alkanes) is 2. The van der Waals surface area contributed by atoms with Gasteiger partial charge < -0.3 is 9.47 Å². The lowest BCUT2D eigenvalue weighted by Gasteiger charge is -2.14. The fourth-order valence-corrected chi connectivity index (χ4v) is 1.79. The molecule has 1 atom stereocenters. The molecule has 1 unspecified atom stereocenters. The molecule has 2 nitrogen and oxygen atoms in total. The smallest absolute Gasteiger partial charge is 0.118 e. The highest BCUT2D eigenvalue weighted by Gasteiger charge is 2.04. The van der Waals surface area contributed by atoms with E-state index in [2.05, 4.69) is 13.5 Å². The number of hydrogen-bond donors (Lipinski definition) is 0. The van der Waals surface area contributed by atoms with Gasteiger partial charge in [-0.2, -0.15) is 0 Å². The third-order valence-corrected chi connectivity index (χ3v) is 2.98. The molecule has 0 spiro atoms. The van der Waals surface area contributed by atoms with Crippen molar-refractivity contribution in [1.82, 2.24) is 0 Å². The summed E-state index contributed by atoms with van der Waals surface area (Å²) < 4.78 is 11.0. The van der Waals surface area contributed by atoms with Crippen LogP contribution < -0.4 is 4.74 Å². The maximum absolute atomic E-state index is 5.84. The summed E-state index contributed by atoms with van der Waals surface area (Å²) in [5.41, 5.74) is 1.16. The molecule has 1 aromatic carbocycles. The van der Waals surface area contributed by atoms with Crippen molar-refractivity contribution < 1.29 is 9.47 Å². The molecule has 0 aliphatic heterocycles. The number of rotatable bonds is 9. The van der Waals surface area contributed by atoms with Crippen molar-refractivity contribution >= 4 is 0 Å². The first-order valence-electron chi connectivity index (χ1n) is 6.67. The molecular formula is C16H24O2. The summed E-state index contributed by atoms with van der Waals surface area (Å²) in [5.74, 6) is 0.877. The second kappa shape index (κ2) is 8.76.